The van der Waals surface area contributed by atoms with Gasteiger partial charge in [0.05, 0.1) is 11.2 Å². The van der Waals surface area contributed by atoms with Crippen LogP contribution in [0.1, 0.15) is 41.5 Å². The first kappa shape index (κ1) is 13.5. The molecular formula is C13H23BO2. The molecule has 0 aromatic carbocycles. The lowest BCUT2D eigenvalue weighted by Crippen LogP contribution is -2.41. The maximum Gasteiger partial charge on any atom is 0.486 e. The van der Waals surface area contributed by atoms with Crippen molar-refractivity contribution in [3.05, 3.63) is 24.2 Å². The van der Waals surface area contributed by atoms with E-state index >= 15 is 0 Å². The van der Waals surface area contributed by atoms with E-state index in [2.05, 4.69) is 52.8 Å². The standard InChI is InChI=1S/C13H23BO2/c1-7-8-11(2)9-10-14-15-12(3,4)13(5,6)16-14/h7-11H,1-6H3/b8-7-,10-9-. The molecule has 0 aromatic heterocycles. The molecule has 0 amide bonds. The zero-order chi connectivity index (χ0) is 12.4. The fourth-order valence-corrected chi connectivity index (χ4v) is 1.60. The minimum Gasteiger partial charge on any atom is -0.400 e. The highest BCUT2D eigenvalue weighted by Crippen LogP contribution is 2.36. The molecule has 1 unspecified atom stereocenters. The van der Waals surface area contributed by atoms with Crippen molar-refractivity contribution in [3.8, 4) is 0 Å². The van der Waals surface area contributed by atoms with Crippen molar-refractivity contribution in [1.29, 1.82) is 0 Å². The molecule has 0 bridgehead atoms. The molecular weight excluding hydrogens is 199 g/mol. The lowest BCUT2D eigenvalue weighted by molar-refractivity contribution is 0.00578. The Morgan fingerprint density at radius 3 is 1.94 bits per heavy atom. The summed E-state index contributed by atoms with van der Waals surface area (Å²) in [7, 11) is -0.224. The van der Waals surface area contributed by atoms with E-state index in [4.69, 9.17) is 9.31 Å². The minimum atomic E-state index is -0.244. The van der Waals surface area contributed by atoms with Crippen molar-refractivity contribution < 1.29 is 9.31 Å². The van der Waals surface area contributed by atoms with Crippen LogP contribution in [0, 0.1) is 5.92 Å². The molecule has 1 atom stereocenters. The Kier molecular flexibility index (Phi) is 4.03. The number of allylic oxidation sites excluding steroid dienone is 3. The predicted octanol–water partition coefficient (Wildman–Crippen LogP) is 3.39. The monoisotopic (exact) mass is 222 g/mol. The van der Waals surface area contributed by atoms with Gasteiger partial charge in [0.15, 0.2) is 0 Å². The van der Waals surface area contributed by atoms with E-state index in [1.54, 1.807) is 0 Å². The Morgan fingerprint density at radius 1 is 1.00 bits per heavy atom. The van der Waals surface area contributed by atoms with Gasteiger partial charge in [0.25, 0.3) is 0 Å². The molecule has 1 rings (SSSR count). The van der Waals surface area contributed by atoms with Gasteiger partial charge in [-0.25, -0.2) is 0 Å². The highest BCUT2D eigenvalue weighted by atomic mass is 16.7. The molecule has 1 aliphatic heterocycles. The molecule has 0 radical (unpaired) electrons. The SMILES string of the molecule is C/C=C\C(C)/C=C\B1OC(C)(C)C(C)(C)O1. The van der Waals surface area contributed by atoms with Crippen LogP contribution in [0.2, 0.25) is 0 Å². The van der Waals surface area contributed by atoms with Crippen LogP contribution in [0.4, 0.5) is 0 Å². The van der Waals surface area contributed by atoms with Crippen LogP contribution in [0.25, 0.3) is 0 Å². The van der Waals surface area contributed by atoms with Gasteiger partial charge in [0.1, 0.15) is 0 Å². The summed E-state index contributed by atoms with van der Waals surface area (Å²) in [4.78, 5) is 0. The Labute approximate surface area is 99.9 Å². The van der Waals surface area contributed by atoms with Gasteiger partial charge < -0.3 is 9.31 Å². The van der Waals surface area contributed by atoms with Gasteiger partial charge in [-0.05, 0) is 40.5 Å². The Hall–Kier alpha value is -0.535. The van der Waals surface area contributed by atoms with E-state index in [0.29, 0.717) is 5.92 Å². The van der Waals surface area contributed by atoms with E-state index < -0.39 is 0 Å². The quantitative estimate of drug-likeness (QED) is 0.538. The topological polar surface area (TPSA) is 18.5 Å². The third kappa shape index (κ3) is 2.99. The molecule has 16 heavy (non-hydrogen) atoms. The second-order valence-corrected chi connectivity index (χ2v) is 5.39. The van der Waals surface area contributed by atoms with Crippen molar-refractivity contribution in [2.24, 2.45) is 5.92 Å². The second kappa shape index (κ2) is 4.76. The summed E-state index contributed by atoms with van der Waals surface area (Å²) in [6, 6.07) is 0. The molecule has 0 saturated carbocycles. The average Bonchev–Trinajstić information content (AvgIpc) is 2.33. The van der Waals surface area contributed by atoms with Crippen LogP contribution >= 0.6 is 0 Å². The maximum atomic E-state index is 5.86. The van der Waals surface area contributed by atoms with Gasteiger partial charge in [0, 0.05) is 0 Å². The third-order valence-electron chi connectivity index (χ3n) is 3.34. The summed E-state index contributed by atoms with van der Waals surface area (Å²) >= 11 is 0. The predicted molar refractivity (Wildman–Crippen MR) is 69.2 cm³/mol. The first-order valence-electron chi connectivity index (χ1n) is 5.95. The van der Waals surface area contributed by atoms with Gasteiger partial charge in [-0.1, -0.05) is 31.1 Å². The van der Waals surface area contributed by atoms with Crippen LogP contribution in [0.3, 0.4) is 0 Å². The number of hydrogen-bond acceptors (Lipinski definition) is 2. The van der Waals surface area contributed by atoms with E-state index in [1.165, 1.54) is 0 Å². The first-order valence-corrected chi connectivity index (χ1v) is 5.95. The molecule has 1 fully saturated rings. The molecule has 0 spiro atoms. The van der Waals surface area contributed by atoms with E-state index in [1.807, 2.05) is 12.9 Å². The highest BCUT2D eigenvalue weighted by molar-refractivity contribution is 6.51. The zero-order valence-electron chi connectivity index (χ0n) is 11.3. The van der Waals surface area contributed by atoms with Gasteiger partial charge in [-0.3, -0.25) is 0 Å². The van der Waals surface area contributed by atoms with E-state index in [-0.39, 0.29) is 18.3 Å². The van der Waals surface area contributed by atoms with Crippen LogP contribution in [-0.2, 0) is 9.31 Å². The van der Waals surface area contributed by atoms with Crippen LogP contribution in [0.5, 0.6) is 0 Å². The molecule has 0 aromatic rings. The summed E-state index contributed by atoms with van der Waals surface area (Å²) in [5.41, 5.74) is -0.488. The summed E-state index contributed by atoms with van der Waals surface area (Å²) in [6.07, 6.45) is 6.31. The summed E-state index contributed by atoms with van der Waals surface area (Å²) in [5.74, 6) is 2.42. The van der Waals surface area contributed by atoms with Crippen LogP contribution in [-0.4, -0.2) is 18.3 Å². The second-order valence-electron chi connectivity index (χ2n) is 5.39. The smallest absolute Gasteiger partial charge is 0.400 e. The van der Waals surface area contributed by atoms with Gasteiger partial charge >= 0.3 is 7.12 Å². The summed E-state index contributed by atoms with van der Waals surface area (Å²) in [5, 5.41) is 0. The normalized spacial score (nSPS) is 25.8. The Bertz CT molecular complexity index is 276. The van der Waals surface area contributed by atoms with Gasteiger partial charge in [-0.15, -0.1) is 0 Å². The lowest BCUT2D eigenvalue weighted by atomic mass is 9.88. The molecule has 0 aliphatic carbocycles. The van der Waals surface area contributed by atoms with E-state index in [9.17, 15) is 0 Å². The highest BCUT2D eigenvalue weighted by Gasteiger charge is 2.49. The first-order chi connectivity index (χ1) is 7.28. The molecule has 90 valence electrons. The minimum absolute atomic E-state index is 0.224. The molecule has 3 heteroatoms. The van der Waals surface area contributed by atoms with Crippen molar-refractivity contribution in [3.63, 3.8) is 0 Å². The third-order valence-corrected chi connectivity index (χ3v) is 3.34. The molecule has 0 N–H and O–H groups in total. The molecule has 1 aliphatic rings. The van der Waals surface area contributed by atoms with Gasteiger partial charge in [0.2, 0.25) is 0 Å². The van der Waals surface area contributed by atoms with Crippen molar-refractivity contribution in [2.45, 2.75) is 52.7 Å². The lowest BCUT2D eigenvalue weighted by Gasteiger charge is -2.32. The number of hydrogen-bond donors (Lipinski definition) is 0. The van der Waals surface area contributed by atoms with Crippen molar-refractivity contribution in [2.75, 3.05) is 0 Å². The fraction of sp³-hybridized carbons (Fsp3) is 0.692. The van der Waals surface area contributed by atoms with Crippen LogP contribution in [0.15, 0.2) is 24.2 Å². The van der Waals surface area contributed by atoms with Gasteiger partial charge in [-0.2, -0.15) is 0 Å². The molecule has 1 saturated heterocycles. The van der Waals surface area contributed by atoms with Crippen molar-refractivity contribution in [1.82, 2.24) is 0 Å². The molecule has 2 nitrogen and oxygen atoms in total. The maximum absolute atomic E-state index is 5.86. The van der Waals surface area contributed by atoms with E-state index in [0.717, 1.165) is 0 Å². The number of rotatable bonds is 3. The zero-order valence-corrected chi connectivity index (χ0v) is 11.3. The summed E-state index contributed by atoms with van der Waals surface area (Å²) in [6.45, 7) is 12.4. The Balaban J connectivity index is 2.60. The van der Waals surface area contributed by atoms with Crippen molar-refractivity contribution >= 4 is 7.12 Å². The Morgan fingerprint density at radius 2 is 1.50 bits per heavy atom. The fourth-order valence-electron chi connectivity index (χ4n) is 1.60. The summed E-state index contributed by atoms with van der Waals surface area (Å²) < 4.78 is 11.7. The molecule has 1 heterocycles. The largest absolute Gasteiger partial charge is 0.486 e. The van der Waals surface area contributed by atoms with Crippen LogP contribution < -0.4 is 0 Å². The average molecular weight is 222 g/mol.